The third-order valence-corrected chi connectivity index (χ3v) is 6.20. The molecule has 3 aromatic rings. The first-order valence-electron chi connectivity index (χ1n) is 10.2. The number of benzene rings is 3. The minimum atomic E-state index is -0.0792. The normalized spacial score (nSPS) is 21.8. The molecule has 144 valence electrons. The molecule has 0 bridgehead atoms. The second-order valence-electron chi connectivity index (χ2n) is 7.92. The molecule has 3 aromatic carbocycles. The van der Waals surface area contributed by atoms with Crippen LogP contribution in [0.1, 0.15) is 45.4 Å². The molecule has 3 nitrogen and oxygen atoms in total. The summed E-state index contributed by atoms with van der Waals surface area (Å²) in [6, 6.07) is 24.4. The lowest BCUT2D eigenvalue weighted by molar-refractivity contribution is 0.102. The molecule has 1 heterocycles. The monoisotopic (exact) mass is 380 g/mol. The first kappa shape index (κ1) is 17.7. The van der Waals surface area contributed by atoms with E-state index in [0.717, 1.165) is 17.8 Å². The van der Waals surface area contributed by atoms with Gasteiger partial charge in [-0.25, -0.2) is 0 Å². The van der Waals surface area contributed by atoms with Gasteiger partial charge in [0.2, 0.25) is 0 Å². The fourth-order valence-corrected chi connectivity index (χ4v) is 4.77. The number of aryl methyl sites for hydroxylation is 1. The summed E-state index contributed by atoms with van der Waals surface area (Å²) < 4.78 is 0. The maximum Gasteiger partial charge on any atom is 0.257 e. The molecule has 0 saturated heterocycles. The molecule has 3 heteroatoms. The van der Waals surface area contributed by atoms with Crippen molar-refractivity contribution in [2.24, 2.45) is 5.92 Å². The van der Waals surface area contributed by atoms with E-state index in [2.05, 4.69) is 60.0 Å². The van der Waals surface area contributed by atoms with E-state index in [1.807, 2.05) is 42.5 Å². The van der Waals surface area contributed by atoms with Gasteiger partial charge in [0.15, 0.2) is 0 Å². The maximum absolute atomic E-state index is 13.1. The summed E-state index contributed by atoms with van der Waals surface area (Å²) in [4.78, 5) is 13.1. The van der Waals surface area contributed by atoms with Crippen LogP contribution in [0.3, 0.4) is 0 Å². The molecule has 0 spiro atoms. The maximum atomic E-state index is 13.1. The van der Waals surface area contributed by atoms with Gasteiger partial charge in [0.1, 0.15) is 0 Å². The van der Waals surface area contributed by atoms with Crippen molar-refractivity contribution < 1.29 is 4.79 Å². The molecule has 0 fully saturated rings. The molecule has 2 aliphatic rings. The standard InChI is InChI=1S/C26H24N2O/c1-17-9-5-6-12-19(17)24-21-14-7-13-20(21)22-15-8-16-23(25(22)28-24)26(29)27-18-10-3-2-4-11-18/h2-13,15-16,20-21,24,28H,14H2,1H3,(H,27,29). The Balaban J connectivity index is 1.56. The molecular weight excluding hydrogens is 356 g/mol. The van der Waals surface area contributed by atoms with E-state index in [0.29, 0.717) is 17.4 Å². The smallest absolute Gasteiger partial charge is 0.257 e. The average Bonchev–Trinajstić information content (AvgIpc) is 3.24. The van der Waals surface area contributed by atoms with Crippen molar-refractivity contribution in [1.29, 1.82) is 0 Å². The first-order valence-corrected chi connectivity index (χ1v) is 10.2. The number of rotatable bonds is 3. The van der Waals surface area contributed by atoms with E-state index in [9.17, 15) is 4.79 Å². The van der Waals surface area contributed by atoms with Crippen molar-refractivity contribution in [2.45, 2.75) is 25.3 Å². The number of amides is 1. The summed E-state index contributed by atoms with van der Waals surface area (Å²) in [5, 5.41) is 6.80. The van der Waals surface area contributed by atoms with Crippen molar-refractivity contribution in [3.63, 3.8) is 0 Å². The molecule has 29 heavy (non-hydrogen) atoms. The molecule has 2 N–H and O–H groups in total. The highest BCUT2D eigenvalue weighted by molar-refractivity contribution is 6.08. The number of allylic oxidation sites excluding steroid dienone is 2. The minimum Gasteiger partial charge on any atom is -0.377 e. The van der Waals surface area contributed by atoms with Crippen LogP contribution in [0.4, 0.5) is 11.4 Å². The molecule has 1 amide bonds. The molecule has 0 radical (unpaired) electrons. The van der Waals surface area contributed by atoms with Gasteiger partial charge in [0.25, 0.3) is 5.91 Å². The van der Waals surface area contributed by atoms with Crippen LogP contribution in [-0.4, -0.2) is 5.91 Å². The van der Waals surface area contributed by atoms with Crippen LogP contribution in [0.15, 0.2) is 84.9 Å². The van der Waals surface area contributed by atoms with Crippen molar-refractivity contribution >= 4 is 17.3 Å². The highest BCUT2D eigenvalue weighted by Crippen LogP contribution is 2.51. The summed E-state index contributed by atoms with van der Waals surface area (Å²) in [5.41, 5.74) is 6.28. The zero-order chi connectivity index (χ0) is 19.8. The lowest BCUT2D eigenvalue weighted by atomic mass is 9.75. The predicted molar refractivity (Wildman–Crippen MR) is 118 cm³/mol. The summed E-state index contributed by atoms with van der Waals surface area (Å²) in [7, 11) is 0. The van der Waals surface area contributed by atoms with Gasteiger partial charge in [-0.15, -0.1) is 0 Å². The van der Waals surface area contributed by atoms with Gasteiger partial charge in [-0.05, 0) is 54.2 Å². The number of hydrogen-bond donors (Lipinski definition) is 2. The van der Waals surface area contributed by atoms with E-state index < -0.39 is 0 Å². The second kappa shape index (κ2) is 7.25. The molecule has 0 saturated carbocycles. The van der Waals surface area contributed by atoms with Crippen molar-refractivity contribution in [3.05, 3.63) is 107 Å². The molecule has 1 aliphatic heterocycles. The number of fused-ring (bicyclic) bond motifs is 3. The van der Waals surface area contributed by atoms with Crippen LogP contribution in [0.25, 0.3) is 0 Å². The van der Waals surface area contributed by atoms with Gasteiger partial charge >= 0.3 is 0 Å². The van der Waals surface area contributed by atoms with E-state index >= 15 is 0 Å². The summed E-state index contributed by atoms with van der Waals surface area (Å²) in [5.74, 6) is 0.723. The van der Waals surface area contributed by atoms with Gasteiger partial charge in [-0.2, -0.15) is 0 Å². The Morgan fingerprint density at radius 3 is 2.52 bits per heavy atom. The Morgan fingerprint density at radius 1 is 0.931 bits per heavy atom. The lowest BCUT2D eigenvalue weighted by Crippen LogP contribution is -2.31. The molecule has 5 rings (SSSR count). The Labute approximate surface area is 171 Å². The number of para-hydroxylation sites is 2. The number of carbonyl (C=O) groups is 1. The highest BCUT2D eigenvalue weighted by atomic mass is 16.1. The van der Waals surface area contributed by atoms with E-state index in [4.69, 9.17) is 0 Å². The Kier molecular flexibility index (Phi) is 4.44. The number of anilines is 2. The van der Waals surface area contributed by atoms with E-state index in [1.165, 1.54) is 16.7 Å². The average molecular weight is 380 g/mol. The third-order valence-electron chi connectivity index (χ3n) is 6.20. The molecular formula is C26H24N2O. The Hall–Kier alpha value is -3.33. The van der Waals surface area contributed by atoms with E-state index in [-0.39, 0.29) is 11.9 Å². The summed E-state index contributed by atoms with van der Waals surface area (Å²) in [6.07, 6.45) is 5.65. The Bertz CT molecular complexity index is 1090. The zero-order valence-electron chi connectivity index (χ0n) is 16.4. The van der Waals surface area contributed by atoms with Crippen LogP contribution in [0, 0.1) is 12.8 Å². The molecule has 3 atom stereocenters. The fraction of sp³-hybridized carbons (Fsp3) is 0.192. The molecule has 3 unspecified atom stereocenters. The topological polar surface area (TPSA) is 41.1 Å². The van der Waals surface area contributed by atoms with Crippen LogP contribution >= 0.6 is 0 Å². The SMILES string of the molecule is Cc1ccccc1C1Nc2c(C(=O)Nc3ccccc3)cccc2C2C=CCC21. The zero-order valence-corrected chi connectivity index (χ0v) is 16.4. The van der Waals surface area contributed by atoms with Gasteiger partial charge in [-0.1, -0.05) is 66.7 Å². The third kappa shape index (κ3) is 3.13. The minimum absolute atomic E-state index is 0.0792. The molecule has 1 aliphatic carbocycles. The second-order valence-corrected chi connectivity index (χ2v) is 7.92. The van der Waals surface area contributed by atoms with Gasteiger partial charge in [0, 0.05) is 11.6 Å². The van der Waals surface area contributed by atoms with Gasteiger partial charge in [-0.3, -0.25) is 4.79 Å². The van der Waals surface area contributed by atoms with Crippen LogP contribution in [0.5, 0.6) is 0 Å². The van der Waals surface area contributed by atoms with E-state index in [1.54, 1.807) is 0 Å². The largest absolute Gasteiger partial charge is 0.377 e. The van der Waals surface area contributed by atoms with Crippen LogP contribution in [0.2, 0.25) is 0 Å². The van der Waals surface area contributed by atoms with Crippen LogP contribution < -0.4 is 10.6 Å². The van der Waals surface area contributed by atoms with Crippen molar-refractivity contribution in [3.8, 4) is 0 Å². The summed E-state index contributed by atoms with van der Waals surface area (Å²) >= 11 is 0. The van der Waals surface area contributed by atoms with Crippen molar-refractivity contribution in [2.75, 3.05) is 10.6 Å². The molecule has 0 aromatic heterocycles. The number of hydrogen-bond acceptors (Lipinski definition) is 2. The Morgan fingerprint density at radius 2 is 1.69 bits per heavy atom. The highest BCUT2D eigenvalue weighted by Gasteiger charge is 2.39. The summed E-state index contributed by atoms with van der Waals surface area (Å²) in [6.45, 7) is 2.16. The quantitative estimate of drug-likeness (QED) is 0.541. The number of carbonyl (C=O) groups excluding carboxylic acids is 1. The van der Waals surface area contributed by atoms with Crippen molar-refractivity contribution in [1.82, 2.24) is 0 Å². The first-order chi connectivity index (χ1) is 14.2. The predicted octanol–water partition coefficient (Wildman–Crippen LogP) is 6.07. The fourth-order valence-electron chi connectivity index (χ4n) is 4.77. The van der Waals surface area contributed by atoms with Gasteiger partial charge < -0.3 is 10.6 Å². The number of nitrogens with one attached hydrogen (secondary N) is 2. The van der Waals surface area contributed by atoms with Crippen LogP contribution in [-0.2, 0) is 0 Å². The van der Waals surface area contributed by atoms with Gasteiger partial charge in [0.05, 0.1) is 17.3 Å². The lowest BCUT2D eigenvalue weighted by Gasteiger charge is -2.39.